The van der Waals surface area contributed by atoms with E-state index in [1.54, 1.807) is 23.7 Å². The lowest BCUT2D eigenvalue weighted by atomic mass is 10.3. The third-order valence-corrected chi connectivity index (χ3v) is 3.83. The first-order chi connectivity index (χ1) is 10.4. The Labute approximate surface area is 128 Å². The van der Waals surface area contributed by atoms with Gasteiger partial charge in [-0.3, -0.25) is 0 Å². The molecule has 0 unspecified atom stereocenters. The first kappa shape index (κ1) is 14.8. The van der Waals surface area contributed by atoms with Crippen molar-refractivity contribution in [2.45, 2.75) is 12.6 Å². The number of rotatable bonds is 4. The van der Waals surface area contributed by atoms with Crippen LogP contribution in [0, 0.1) is 0 Å². The number of halogens is 3. The van der Waals surface area contributed by atoms with Crippen LogP contribution in [0.4, 0.5) is 19.0 Å². The summed E-state index contributed by atoms with van der Waals surface area (Å²) in [6, 6.07) is 5.22. The SMILES string of the molecule is CN(CCC(F)(F)F)c1ccc2nnc(-c3ccsc3)n2n1. The summed E-state index contributed by atoms with van der Waals surface area (Å²) in [6.07, 6.45) is -5.07. The van der Waals surface area contributed by atoms with Crippen LogP contribution in [0.5, 0.6) is 0 Å². The van der Waals surface area contributed by atoms with Crippen LogP contribution < -0.4 is 4.90 Å². The molecule has 0 aromatic carbocycles. The summed E-state index contributed by atoms with van der Waals surface area (Å²) in [5.41, 5.74) is 1.43. The van der Waals surface area contributed by atoms with E-state index in [1.807, 2.05) is 16.8 Å². The predicted octanol–water partition coefficient (Wildman–Crippen LogP) is 3.24. The second-order valence-corrected chi connectivity index (χ2v) is 5.56. The number of thiophene rings is 1. The largest absolute Gasteiger partial charge is 0.390 e. The standard InChI is InChI=1S/C13H12F3N5S/c1-20(6-5-13(14,15)16)11-3-2-10-17-18-12(21(10)19-11)9-4-7-22-8-9/h2-4,7-8H,5-6H2,1H3. The zero-order chi connectivity index (χ0) is 15.7. The molecule has 3 aromatic rings. The van der Waals surface area contributed by atoms with Gasteiger partial charge in [-0.2, -0.15) is 29.0 Å². The minimum atomic E-state index is -4.18. The van der Waals surface area contributed by atoms with Gasteiger partial charge in [-0.25, -0.2) is 0 Å². The van der Waals surface area contributed by atoms with Gasteiger partial charge in [-0.05, 0) is 23.6 Å². The van der Waals surface area contributed by atoms with Crippen LogP contribution in [0.15, 0.2) is 29.0 Å². The second kappa shape index (κ2) is 5.56. The van der Waals surface area contributed by atoms with Gasteiger partial charge in [-0.1, -0.05) is 0 Å². The Hall–Kier alpha value is -2.16. The molecule has 0 spiro atoms. The highest BCUT2D eigenvalue weighted by molar-refractivity contribution is 7.08. The van der Waals surface area contributed by atoms with Crippen molar-refractivity contribution < 1.29 is 13.2 Å². The van der Waals surface area contributed by atoms with Crippen LogP contribution in [0.1, 0.15) is 6.42 Å². The lowest BCUT2D eigenvalue weighted by Crippen LogP contribution is -2.25. The Kier molecular flexibility index (Phi) is 3.73. The topological polar surface area (TPSA) is 46.3 Å². The Bertz CT molecular complexity index is 766. The smallest absolute Gasteiger partial charge is 0.358 e. The molecule has 0 saturated heterocycles. The van der Waals surface area contributed by atoms with Crippen molar-refractivity contribution in [3.8, 4) is 11.4 Å². The van der Waals surface area contributed by atoms with Crippen LogP contribution in [0.2, 0.25) is 0 Å². The molecule has 0 aliphatic heterocycles. The molecule has 5 nitrogen and oxygen atoms in total. The average Bonchev–Trinajstić information content (AvgIpc) is 3.11. The molecule has 0 aliphatic carbocycles. The fourth-order valence-corrected chi connectivity index (χ4v) is 2.60. The molecular weight excluding hydrogens is 315 g/mol. The van der Waals surface area contributed by atoms with Gasteiger partial charge < -0.3 is 4.90 Å². The molecule has 0 N–H and O–H groups in total. The van der Waals surface area contributed by atoms with Crippen molar-refractivity contribution in [2.24, 2.45) is 0 Å². The van der Waals surface area contributed by atoms with Gasteiger partial charge in [0.15, 0.2) is 11.5 Å². The van der Waals surface area contributed by atoms with Crippen LogP contribution >= 0.6 is 11.3 Å². The van der Waals surface area contributed by atoms with Gasteiger partial charge in [0.05, 0.1) is 6.42 Å². The summed E-state index contributed by atoms with van der Waals surface area (Å²) in [6.45, 7) is -0.155. The molecule has 3 rings (SSSR count). The van der Waals surface area contributed by atoms with Crippen molar-refractivity contribution in [3.63, 3.8) is 0 Å². The highest BCUT2D eigenvalue weighted by atomic mass is 32.1. The molecule has 0 aliphatic rings. The quantitative estimate of drug-likeness (QED) is 0.738. The molecular formula is C13H12F3N5S. The highest BCUT2D eigenvalue weighted by Gasteiger charge is 2.27. The molecule has 9 heteroatoms. The van der Waals surface area contributed by atoms with E-state index in [0.29, 0.717) is 17.3 Å². The third-order valence-electron chi connectivity index (χ3n) is 3.15. The summed E-state index contributed by atoms with van der Waals surface area (Å²) in [7, 11) is 1.58. The van der Waals surface area contributed by atoms with E-state index >= 15 is 0 Å². The fraction of sp³-hybridized carbons (Fsp3) is 0.308. The second-order valence-electron chi connectivity index (χ2n) is 4.78. The molecule has 3 heterocycles. The minimum absolute atomic E-state index is 0.155. The van der Waals surface area contributed by atoms with Gasteiger partial charge in [0.1, 0.15) is 5.82 Å². The van der Waals surface area contributed by atoms with Gasteiger partial charge in [-0.15, -0.1) is 15.3 Å². The Morgan fingerprint density at radius 2 is 2.05 bits per heavy atom. The lowest BCUT2D eigenvalue weighted by molar-refractivity contribution is -0.132. The zero-order valence-electron chi connectivity index (χ0n) is 11.6. The van der Waals surface area contributed by atoms with E-state index < -0.39 is 12.6 Å². The Balaban J connectivity index is 1.90. The van der Waals surface area contributed by atoms with Gasteiger partial charge in [0, 0.05) is 24.5 Å². The summed E-state index contributed by atoms with van der Waals surface area (Å²) >= 11 is 1.52. The van der Waals surface area contributed by atoms with Crippen molar-refractivity contribution >= 4 is 22.8 Å². The lowest BCUT2D eigenvalue weighted by Gasteiger charge is -2.18. The average molecular weight is 327 g/mol. The Morgan fingerprint density at radius 3 is 2.73 bits per heavy atom. The highest BCUT2D eigenvalue weighted by Crippen LogP contribution is 2.23. The number of nitrogens with zero attached hydrogens (tertiary/aromatic N) is 5. The first-order valence-electron chi connectivity index (χ1n) is 6.47. The monoisotopic (exact) mass is 327 g/mol. The number of anilines is 1. The molecule has 0 atom stereocenters. The molecule has 0 radical (unpaired) electrons. The maximum atomic E-state index is 12.3. The summed E-state index contributed by atoms with van der Waals surface area (Å²) in [4.78, 5) is 1.46. The van der Waals surface area contributed by atoms with Crippen LogP contribution in [-0.2, 0) is 0 Å². The predicted molar refractivity (Wildman–Crippen MR) is 78.0 cm³/mol. The van der Waals surface area contributed by atoms with E-state index in [1.165, 1.54) is 16.2 Å². The van der Waals surface area contributed by atoms with E-state index in [-0.39, 0.29) is 6.54 Å². The van der Waals surface area contributed by atoms with E-state index in [9.17, 15) is 13.2 Å². The molecule has 22 heavy (non-hydrogen) atoms. The van der Waals surface area contributed by atoms with E-state index in [0.717, 1.165) is 5.56 Å². The molecule has 3 aromatic heterocycles. The molecule has 116 valence electrons. The first-order valence-corrected chi connectivity index (χ1v) is 7.41. The van der Waals surface area contributed by atoms with E-state index in [2.05, 4.69) is 15.3 Å². The maximum Gasteiger partial charge on any atom is 0.390 e. The zero-order valence-corrected chi connectivity index (χ0v) is 12.4. The van der Waals surface area contributed by atoms with Crippen molar-refractivity contribution in [2.75, 3.05) is 18.5 Å². The van der Waals surface area contributed by atoms with Gasteiger partial charge >= 0.3 is 6.18 Å². The van der Waals surface area contributed by atoms with Crippen molar-refractivity contribution in [3.05, 3.63) is 29.0 Å². The van der Waals surface area contributed by atoms with Crippen molar-refractivity contribution in [1.82, 2.24) is 19.8 Å². The Morgan fingerprint density at radius 1 is 1.23 bits per heavy atom. The number of hydrogen-bond acceptors (Lipinski definition) is 5. The molecule has 0 saturated carbocycles. The number of alkyl halides is 3. The summed E-state index contributed by atoms with van der Waals surface area (Å²) in [5.74, 6) is 1.01. The fourth-order valence-electron chi connectivity index (χ4n) is 1.96. The van der Waals surface area contributed by atoms with Crippen molar-refractivity contribution in [1.29, 1.82) is 0 Å². The molecule has 0 bridgehead atoms. The minimum Gasteiger partial charge on any atom is -0.358 e. The number of hydrogen-bond donors (Lipinski definition) is 0. The van der Waals surface area contributed by atoms with Gasteiger partial charge in [0.2, 0.25) is 0 Å². The summed E-state index contributed by atoms with van der Waals surface area (Å²) < 4.78 is 38.5. The molecule has 0 fully saturated rings. The number of aromatic nitrogens is 4. The van der Waals surface area contributed by atoms with Crippen LogP contribution in [0.3, 0.4) is 0 Å². The summed E-state index contributed by atoms with van der Waals surface area (Å²) in [5, 5.41) is 16.3. The van der Waals surface area contributed by atoms with E-state index in [4.69, 9.17) is 0 Å². The van der Waals surface area contributed by atoms with Crippen LogP contribution in [0.25, 0.3) is 17.0 Å². The normalized spacial score (nSPS) is 12.0. The number of fused-ring (bicyclic) bond motifs is 1. The maximum absolute atomic E-state index is 12.3. The van der Waals surface area contributed by atoms with Crippen LogP contribution in [-0.4, -0.2) is 39.6 Å². The van der Waals surface area contributed by atoms with Gasteiger partial charge in [0.25, 0.3) is 0 Å². The third kappa shape index (κ3) is 3.03. The molecule has 0 amide bonds.